The molecule has 7 nitrogen and oxygen atoms in total. The van der Waals surface area contributed by atoms with Crippen LogP contribution in [0.2, 0.25) is 0 Å². The molecular formula is C16H13FN4O3. The molecule has 3 rings (SSSR count). The van der Waals surface area contributed by atoms with Gasteiger partial charge in [0.1, 0.15) is 18.6 Å². The van der Waals surface area contributed by atoms with E-state index in [1.165, 1.54) is 19.2 Å². The first-order chi connectivity index (χ1) is 11.6. The average molecular weight is 328 g/mol. The third-order valence-corrected chi connectivity index (χ3v) is 3.28. The van der Waals surface area contributed by atoms with Crippen LogP contribution < -0.4 is 5.32 Å². The number of aromatic nitrogens is 2. The summed E-state index contributed by atoms with van der Waals surface area (Å²) in [5, 5.41) is 14.9. The molecule has 0 fully saturated rings. The molecule has 2 aromatic carbocycles. The lowest BCUT2D eigenvalue weighted by Crippen LogP contribution is -2.08. The highest BCUT2D eigenvalue weighted by Gasteiger charge is 2.12. The molecule has 0 saturated heterocycles. The third-order valence-electron chi connectivity index (χ3n) is 3.28. The summed E-state index contributed by atoms with van der Waals surface area (Å²) in [5.41, 5.74) is 3.13. The number of H-pyrrole nitrogens is 1. The highest BCUT2D eigenvalue weighted by atomic mass is 19.1. The summed E-state index contributed by atoms with van der Waals surface area (Å²) >= 11 is 0. The van der Waals surface area contributed by atoms with E-state index in [0.29, 0.717) is 27.9 Å². The molecule has 24 heavy (non-hydrogen) atoms. The lowest BCUT2D eigenvalue weighted by Gasteiger charge is -2.06. The van der Waals surface area contributed by atoms with Gasteiger partial charge in [-0.1, -0.05) is 11.2 Å². The summed E-state index contributed by atoms with van der Waals surface area (Å²) in [7, 11) is 1.42. The van der Waals surface area contributed by atoms with Gasteiger partial charge in [0.05, 0.1) is 11.0 Å². The Morgan fingerprint density at radius 1 is 1.25 bits per heavy atom. The van der Waals surface area contributed by atoms with Crippen molar-refractivity contribution in [3.05, 3.63) is 59.4 Å². The number of aromatic amines is 1. The number of oxime groups is 1. The van der Waals surface area contributed by atoms with Crippen LogP contribution in [0.15, 0.2) is 47.6 Å². The van der Waals surface area contributed by atoms with Crippen LogP contribution in [0.5, 0.6) is 0 Å². The molecule has 0 saturated carbocycles. The first kappa shape index (κ1) is 15.5. The Bertz CT molecular complexity index is 919. The number of carbonyl (C=O) groups is 1. The number of amides is 1. The van der Waals surface area contributed by atoms with Gasteiger partial charge in [-0.25, -0.2) is 14.2 Å². The topological polar surface area (TPSA) is 99.6 Å². The van der Waals surface area contributed by atoms with E-state index in [2.05, 4.69) is 20.4 Å². The molecule has 122 valence electrons. The van der Waals surface area contributed by atoms with Crippen molar-refractivity contribution >= 4 is 28.8 Å². The van der Waals surface area contributed by atoms with Crippen LogP contribution in [0.3, 0.4) is 0 Å². The van der Waals surface area contributed by atoms with Crippen LogP contribution in [0.4, 0.5) is 15.1 Å². The third kappa shape index (κ3) is 3.17. The fourth-order valence-corrected chi connectivity index (χ4v) is 2.29. The molecule has 8 heteroatoms. The Hall–Kier alpha value is -3.42. The maximum absolute atomic E-state index is 13.1. The van der Waals surface area contributed by atoms with E-state index >= 15 is 0 Å². The van der Waals surface area contributed by atoms with Crippen molar-refractivity contribution in [2.75, 3.05) is 12.4 Å². The first-order valence-electron chi connectivity index (χ1n) is 6.94. The predicted molar refractivity (Wildman–Crippen MR) is 86.8 cm³/mol. The van der Waals surface area contributed by atoms with E-state index in [1.54, 1.807) is 30.3 Å². The number of hydrogen-bond acceptors (Lipinski definition) is 4. The molecule has 3 N–H and O–H groups in total. The number of nitrogens with one attached hydrogen (secondary N) is 2. The Balaban J connectivity index is 2.03. The highest BCUT2D eigenvalue weighted by Crippen LogP contribution is 2.19. The molecule has 0 aliphatic carbocycles. The molecule has 0 unspecified atom stereocenters. The molecule has 0 atom stereocenters. The van der Waals surface area contributed by atoms with Gasteiger partial charge in [-0.05, 0) is 36.4 Å². The highest BCUT2D eigenvalue weighted by molar-refractivity contribution is 6.13. The monoisotopic (exact) mass is 328 g/mol. The largest absolute Gasteiger partial charge is 0.465 e. The van der Waals surface area contributed by atoms with Crippen LogP contribution in [-0.4, -0.2) is 34.0 Å². The quantitative estimate of drug-likeness (QED) is 0.506. The van der Waals surface area contributed by atoms with Crippen molar-refractivity contribution in [3.63, 3.8) is 0 Å². The van der Waals surface area contributed by atoms with Gasteiger partial charge in [0.25, 0.3) is 0 Å². The summed E-state index contributed by atoms with van der Waals surface area (Å²) in [4.78, 5) is 22.6. The maximum atomic E-state index is 13.1. The summed E-state index contributed by atoms with van der Waals surface area (Å²) in [5.74, 6) is -0.217. The molecule has 0 bridgehead atoms. The number of benzene rings is 2. The van der Waals surface area contributed by atoms with E-state index in [4.69, 9.17) is 9.94 Å². The van der Waals surface area contributed by atoms with Crippen LogP contribution >= 0.6 is 0 Å². The Morgan fingerprint density at radius 3 is 2.62 bits per heavy atom. The van der Waals surface area contributed by atoms with Crippen molar-refractivity contribution in [2.24, 2.45) is 5.16 Å². The minimum absolute atomic E-state index is 0.127. The first-order valence-corrected chi connectivity index (χ1v) is 6.94. The molecule has 3 aromatic rings. The molecule has 0 aliphatic heterocycles. The van der Waals surface area contributed by atoms with Gasteiger partial charge in [-0.3, -0.25) is 5.32 Å². The summed E-state index contributed by atoms with van der Waals surface area (Å²) in [6.07, 6.45) is -1.21. The van der Waals surface area contributed by atoms with E-state index in [9.17, 15) is 9.18 Å². The van der Waals surface area contributed by atoms with Gasteiger partial charge < -0.3 is 14.9 Å². The van der Waals surface area contributed by atoms with E-state index in [1.807, 2.05) is 0 Å². The van der Waals surface area contributed by atoms with Gasteiger partial charge in [0, 0.05) is 11.1 Å². The second-order valence-electron chi connectivity index (χ2n) is 4.88. The molecular weight excluding hydrogens is 315 g/mol. The number of fused-ring (bicyclic) bond motifs is 1. The molecule has 1 heterocycles. The second kappa shape index (κ2) is 6.37. The van der Waals surface area contributed by atoms with Crippen molar-refractivity contribution in [1.82, 2.24) is 9.97 Å². The standard InChI is InChI=1S/C16H13FN4O3/c1-24-21-14(9-2-5-11(17)6-3-9)10-4-7-12-13(8-10)19-15(18-12)20-16(22)23/h2-8H,1H3,(H,22,23)(H2,18,19,20). The number of halogens is 1. The van der Waals surface area contributed by atoms with Gasteiger partial charge in [0.2, 0.25) is 5.95 Å². The summed E-state index contributed by atoms with van der Waals surface area (Å²) in [6.45, 7) is 0. The van der Waals surface area contributed by atoms with Crippen molar-refractivity contribution in [3.8, 4) is 0 Å². The average Bonchev–Trinajstić information content (AvgIpc) is 2.94. The SMILES string of the molecule is CON=C(c1ccc(F)cc1)c1ccc2nc(NC(=O)O)[nH]c2c1. The number of anilines is 1. The fraction of sp³-hybridized carbons (Fsp3) is 0.0625. The Morgan fingerprint density at radius 2 is 1.96 bits per heavy atom. The van der Waals surface area contributed by atoms with Crippen LogP contribution in [0, 0.1) is 5.82 Å². The zero-order chi connectivity index (χ0) is 17.1. The lowest BCUT2D eigenvalue weighted by atomic mass is 10.0. The minimum atomic E-state index is -1.21. The van der Waals surface area contributed by atoms with E-state index in [-0.39, 0.29) is 11.8 Å². The summed E-state index contributed by atoms with van der Waals surface area (Å²) in [6, 6.07) is 11.1. The van der Waals surface area contributed by atoms with E-state index in [0.717, 1.165) is 0 Å². The van der Waals surface area contributed by atoms with Gasteiger partial charge in [0.15, 0.2) is 0 Å². The summed E-state index contributed by atoms with van der Waals surface area (Å²) < 4.78 is 13.1. The molecule has 0 radical (unpaired) electrons. The Kier molecular flexibility index (Phi) is 4.11. The number of nitrogens with zero attached hydrogens (tertiary/aromatic N) is 2. The molecule has 0 spiro atoms. The van der Waals surface area contributed by atoms with Crippen molar-refractivity contribution in [1.29, 1.82) is 0 Å². The fourth-order valence-electron chi connectivity index (χ4n) is 2.29. The number of rotatable bonds is 4. The number of imidazole rings is 1. The number of carboxylic acid groups (broad SMARTS) is 1. The zero-order valence-corrected chi connectivity index (χ0v) is 12.6. The van der Waals surface area contributed by atoms with Crippen molar-refractivity contribution in [2.45, 2.75) is 0 Å². The minimum Gasteiger partial charge on any atom is -0.465 e. The van der Waals surface area contributed by atoms with Gasteiger partial charge in [-0.15, -0.1) is 0 Å². The van der Waals surface area contributed by atoms with Crippen molar-refractivity contribution < 1.29 is 19.1 Å². The predicted octanol–water partition coefficient (Wildman–Crippen LogP) is 3.19. The van der Waals surface area contributed by atoms with E-state index < -0.39 is 6.09 Å². The normalized spacial score (nSPS) is 11.5. The second-order valence-corrected chi connectivity index (χ2v) is 4.88. The van der Waals surface area contributed by atoms with Gasteiger partial charge >= 0.3 is 6.09 Å². The molecule has 0 aliphatic rings. The lowest BCUT2D eigenvalue weighted by molar-refractivity contribution is 0.209. The number of hydrogen-bond donors (Lipinski definition) is 3. The molecule has 1 aromatic heterocycles. The Labute approximate surface area is 135 Å². The smallest absolute Gasteiger partial charge is 0.411 e. The van der Waals surface area contributed by atoms with Crippen LogP contribution in [0.1, 0.15) is 11.1 Å². The van der Waals surface area contributed by atoms with Crippen LogP contribution in [-0.2, 0) is 4.84 Å². The molecule has 1 amide bonds. The van der Waals surface area contributed by atoms with Crippen LogP contribution in [0.25, 0.3) is 11.0 Å². The van der Waals surface area contributed by atoms with Gasteiger partial charge in [-0.2, -0.15) is 0 Å². The maximum Gasteiger partial charge on any atom is 0.411 e. The zero-order valence-electron chi connectivity index (χ0n) is 12.6.